The zero-order chi connectivity index (χ0) is 19.1. The molecule has 2 rings (SSSR count). The standard InChI is InChI=1S/C20H19Cl2N3O/c1-14(2)25(13-15-7-4-3-5-8-15)20(26)16(11-23)12-24-19-17(21)9-6-10-18(19)22/h3-10,12,14,24H,13H2,1-2H3/b16-12-. The van der Waals surface area contributed by atoms with Crippen molar-refractivity contribution in [1.29, 1.82) is 5.26 Å². The van der Waals surface area contributed by atoms with Crippen LogP contribution in [-0.4, -0.2) is 16.8 Å². The molecule has 2 aromatic carbocycles. The van der Waals surface area contributed by atoms with Crippen molar-refractivity contribution in [2.45, 2.75) is 26.4 Å². The summed E-state index contributed by atoms with van der Waals surface area (Å²) >= 11 is 12.2. The summed E-state index contributed by atoms with van der Waals surface area (Å²) in [6.07, 6.45) is 1.34. The molecule has 0 bridgehead atoms. The first kappa shape index (κ1) is 19.8. The molecule has 4 nitrogen and oxygen atoms in total. The predicted octanol–water partition coefficient (Wildman–Crippen LogP) is 5.25. The molecule has 6 heteroatoms. The molecule has 0 spiro atoms. The van der Waals surface area contributed by atoms with Crippen LogP contribution in [0.5, 0.6) is 0 Å². The lowest BCUT2D eigenvalue weighted by molar-refractivity contribution is -0.129. The summed E-state index contributed by atoms with van der Waals surface area (Å²) in [5.74, 6) is -0.359. The second-order valence-electron chi connectivity index (χ2n) is 5.92. The SMILES string of the molecule is CC(C)N(Cc1ccccc1)C(=O)/C(C#N)=C\Nc1c(Cl)cccc1Cl. The fraction of sp³-hybridized carbons (Fsp3) is 0.200. The molecule has 134 valence electrons. The minimum atomic E-state index is -0.359. The van der Waals surface area contributed by atoms with E-state index in [1.165, 1.54) is 6.20 Å². The predicted molar refractivity (Wildman–Crippen MR) is 106 cm³/mol. The third-order valence-electron chi connectivity index (χ3n) is 3.75. The summed E-state index contributed by atoms with van der Waals surface area (Å²) in [6, 6.07) is 16.6. The summed E-state index contributed by atoms with van der Waals surface area (Å²) in [4.78, 5) is 14.5. The van der Waals surface area contributed by atoms with Gasteiger partial charge < -0.3 is 10.2 Å². The Morgan fingerprint density at radius 2 is 1.77 bits per heavy atom. The third-order valence-corrected chi connectivity index (χ3v) is 4.38. The number of para-hydroxylation sites is 1. The fourth-order valence-corrected chi connectivity index (χ4v) is 2.85. The van der Waals surface area contributed by atoms with Crippen LogP contribution in [-0.2, 0) is 11.3 Å². The Kier molecular flexibility index (Phi) is 7.08. The lowest BCUT2D eigenvalue weighted by Crippen LogP contribution is -2.37. The monoisotopic (exact) mass is 387 g/mol. The number of carbonyl (C=O) groups excluding carboxylic acids is 1. The van der Waals surface area contributed by atoms with Crippen LogP contribution >= 0.6 is 23.2 Å². The second-order valence-corrected chi connectivity index (χ2v) is 6.74. The molecule has 1 amide bonds. The first-order valence-corrected chi connectivity index (χ1v) is 8.85. The highest BCUT2D eigenvalue weighted by Gasteiger charge is 2.21. The van der Waals surface area contributed by atoms with Crippen LogP contribution in [0.3, 0.4) is 0 Å². The highest BCUT2D eigenvalue weighted by molar-refractivity contribution is 6.39. The quantitative estimate of drug-likeness (QED) is 0.543. The van der Waals surface area contributed by atoms with E-state index in [-0.39, 0.29) is 17.5 Å². The van der Waals surface area contributed by atoms with Crippen molar-refractivity contribution in [2.24, 2.45) is 0 Å². The summed E-state index contributed by atoms with van der Waals surface area (Å²) < 4.78 is 0. The van der Waals surface area contributed by atoms with Gasteiger partial charge in [-0.3, -0.25) is 4.79 Å². The lowest BCUT2D eigenvalue weighted by atomic mass is 10.1. The van der Waals surface area contributed by atoms with Crippen LogP contribution in [0.4, 0.5) is 5.69 Å². The molecule has 0 saturated heterocycles. The van der Waals surface area contributed by atoms with Gasteiger partial charge in [0.1, 0.15) is 11.6 Å². The van der Waals surface area contributed by atoms with E-state index < -0.39 is 0 Å². The Labute approximate surface area is 163 Å². The first-order chi connectivity index (χ1) is 12.4. The third kappa shape index (κ3) is 5.01. The molecular formula is C20H19Cl2N3O. The number of amides is 1. The van der Waals surface area contributed by atoms with Gasteiger partial charge >= 0.3 is 0 Å². The molecule has 0 unspecified atom stereocenters. The van der Waals surface area contributed by atoms with Crippen LogP contribution in [0.2, 0.25) is 10.0 Å². The summed E-state index contributed by atoms with van der Waals surface area (Å²) in [7, 11) is 0. The number of carbonyl (C=O) groups is 1. The molecule has 0 fully saturated rings. The van der Waals surface area contributed by atoms with E-state index in [4.69, 9.17) is 23.2 Å². The van der Waals surface area contributed by atoms with Crippen LogP contribution in [0.1, 0.15) is 19.4 Å². The maximum Gasteiger partial charge on any atom is 0.266 e. The largest absolute Gasteiger partial charge is 0.358 e. The Morgan fingerprint density at radius 1 is 1.15 bits per heavy atom. The van der Waals surface area contributed by atoms with Crippen molar-refractivity contribution in [3.63, 3.8) is 0 Å². The van der Waals surface area contributed by atoms with Gasteiger partial charge in [0.2, 0.25) is 0 Å². The van der Waals surface area contributed by atoms with Gasteiger partial charge in [0, 0.05) is 18.8 Å². The molecule has 2 aromatic rings. The van der Waals surface area contributed by atoms with Gasteiger partial charge in [-0.1, -0.05) is 59.6 Å². The molecule has 0 aromatic heterocycles. The van der Waals surface area contributed by atoms with E-state index >= 15 is 0 Å². The van der Waals surface area contributed by atoms with E-state index in [1.54, 1.807) is 23.1 Å². The van der Waals surface area contributed by atoms with Crippen LogP contribution in [0.25, 0.3) is 0 Å². The molecule has 0 heterocycles. The maximum atomic E-state index is 12.8. The lowest BCUT2D eigenvalue weighted by Gasteiger charge is -2.26. The molecule has 0 aliphatic carbocycles. The average Bonchev–Trinajstić information content (AvgIpc) is 2.62. The zero-order valence-electron chi connectivity index (χ0n) is 14.5. The van der Waals surface area contributed by atoms with E-state index in [0.29, 0.717) is 22.3 Å². The van der Waals surface area contributed by atoms with Crippen molar-refractivity contribution in [3.8, 4) is 6.07 Å². The van der Waals surface area contributed by atoms with E-state index in [1.807, 2.05) is 50.2 Å². The molecule has 0 atom stereocenters. The fourth-order valence-electron chi connectivity index (χ4n) is 2.35. The highest BCUT2D eigenvalue weighted by Crippen LogP contribution is 2.30. The highest BCUT2D eigenvalue weighted by atomic mass is 35.5. The van der Waals surface area contributed by atoms with Crippen molar-refractivity contribution in [2.75, 3.05) is 5.32 Å². The number of nitriles is 1. The van der Waals surface area contributed by atoms with Gasteiger partial charge in [0.25, 0.3) is 5.91 Å². The first-order valence-electron chi connectivity index (χ1n) is 8.09. The molecular weight excluding hydrogens is 369 g/mol. The van der Waals surface area contributed by atoms with Crippen molar-refractivity contribution in [1.82, 2.24) is 4.90 Å². The van der Waals surface area contributed by atoms with Crippen molar-refractivity contribution in [3.05, 3.63) is 75.9 Å². The number of hydrogen-bond acceptors (Lipinski definition) is 3. The molecule has 0 aliphatic heterocycles. The van der Waals surface area contributed by atoms with Crippen molar-refractivity contribution < 1.29 is 4.79 Å². The van der Waals surface area contributed by atoms with E-state index in [0.717, 1.165) is 5.56 Å². The average molecular weight is 388 g/mol. The summed E-state index contributed by atoms with van der Waals surface area (Å²) in [5.41, 5.74) is 1.43. The van der Waals surface area contributed by atoms with Gasteiger partial charge in [-0.25, -0.2) is 0 Å². The number of nitrogens with zero attached hydrogens (tertiary/aromatic N) is 2. The number of halogens is 2. The van der Waals surface area contributed by atoms with Gasteiger partial charge in [0.15, 0.2) is 0 Å². The number of hydrogen-bond donors (Lipinski definition) is 1. The normalized spacial score (nSPS) is 11.2. The minimum absolute atomic E-state index is 0.0226. The summed E-state index contributed by atoms with van der Waals surface area (Å²) in [6.45, 7) is 4.24. The number of benzene rings is 2. The Balaban J connectivity index is 2.23. The van der Waals surface area contributed by atoms with Gasteiger partial charge in [0.05, 0.1) is 15.7 Å². The molecule has 1 N–H and O–H groups in total. The molecule has 26 heavy (non-hydrogen) atoms. The molecule has 0 saturated carbocycles. The topological polar surface area (TPSA) is 56.1 Å². The number of anilines is 1. The minimum Gasteiger partial charge on any atom is -0.358 e. The van der Waals surface area contributed by atoms with Gasteiger partial charge in [-0.05, 0) is 31.5 Å². The van der Waals surface area contributed by atoms with Gasteiger partial charge in [-0.2, -0.15) is 5.26 Å². The van der Waals surface area contributed by atoms with Crippen molar-refractivity contribution >= 4 is 34.8 Å². The van der Waals surface area contributed by atoms with Gasteiger partial charge in [-0.15, -0.1) is 0 Å². The van der Waals surface area contributed by atoms with Crippen LogP contribution < -0.4 is 5.32 Å². The second kappa shape index (κ2) is 9.28. The zero-order valence-corrected chi connectivity index (χ0v) is 16.1. The molecule has 0 radical (unpaired) electrons. The Bertz CT molecular complexity index is 822. The Hall–Kier alpha value is -2.48. The van der Waals surface area contributed by atoms with E-state index in [2.05, 4.69) is 5.32 Å². The van der Waals surface area contributed by atoms with Crippen LogP contribution in [0.15, 0.2) is 60.3 Å². The number of rotatable bonds is 6. The Morgan fingerprint density at radius 3 is 2.31 bits per heavy atom. The maximum absolute atomic E-state index is 12.8. The van der Waals surface area contributed by atoms with E-state index in [9.17, 15) is 10.1 Å². The van der Waals surface area contributed by atoms with Crippen LogP contribution in [0, 0.1) is 11.3 Å². The smallest absolute Gasteiger partial charge is 0.266 e. The molecule has 0 aliphatic rings. The number of nitrogens with one attached hydrogen (secondary N) is 1. The summed E-state index contributed by atoms with van der Waals surface area (Å²) in [5, 5.41) is 13.1.